The minimum Gasteiger partial charge on any atom is -0.465 e. The summed E-state index contributed by atoms with van der Waals surface area (Å²) in [5.74, 6) is -0.0109. The van der Waals surface area contributed by atoms with E-state index in [9.17, 15) is 4.79 Å². The van der Waals surface area contributed by atoms with Crippen molar-refractivity contribution in [1.82, 2.24) is 4.98 Å². The third-order valence-corrected chi connectivity index (χ3v) is 3.24. The van der Waals surface area contributed by atoms with E-state index in [0.717, 1.165) is 10.0 Å². The Morgan fingerprint density at radius 2 is 2.25 bits per heavy atom. The number of nitrogen functional groups attached to an aromatic ring is 1. The number of hydrogen-bond donors (Lipinski definition) is 2. The number of hydrogen-bond acceptors (Lipinski definition) is 5. The number of aromatic nitrogens is 1. The van der Waals surface area contributed by atoms with Crippen LogP contribution in [0.1, 0.15) is 15.9 Å². The molecule has 1 aromatic heterocycles. The molecular weight excluding hydrogens is 322 g/mol. The van der Waals surface area contributed by atoms with Gasteiger partial charge in [0, 0.05) is 17.2 Å². The molecule has 1 heterocycles. The first-order valence-electron chi connectivity index (χ1n) is 5.93. The normalized spacial score (nSPS) is 10.1. The molecule has 6 heteroatoms. The van der Waals surface area contributed by atoms with Gasteiger partial charge in [-0.15, -0.1) is 0 Å². The smallest absolute Gasteiger partial charge is 0.340 e. The summed E-state index contributed by atoms with van der Waals surface area (Å²) in [5, 5.41) is 3.11. The van der Waals surface area contributed by atoms with E-state index in [1.54, 1.807) is 0 Å². The van der Waals surface area contributed by atoms with E-state index < -0.39 is 5.97 Å². The van der Waals surface area contributed by atoms with E-state index in [1.807, 2.05) is 24.3 Å². The van der Waals surface area contributed by atoms with Crippen molar-refractivity contribution in [3.63, 3.8) is 0 Å². The second kappa shape index (κ2) is 6.38. The lowest BCUT2D eigenvalue weighted by Crippen LogP contribution is -2.10. The second-order valence-electron chi connectivity index (χ2n) is 4.10. The molecule has 3 N–H and O–H groups in total. The summed E-state index contributed by atoms with van der Waals surface area (Å²) in [5.41, 5.74) is 7.58. The lowest BCUT2D eigenvalue weighted by molar-refractivity contribution is 0.0602. The van der Waals surface area contributed by atoms with Crippen LogP contribution in [-0.2, 0) is 11.3 Å². The molecule has 0 amide bonds. The fourth-order valence-electron chi connectivity index (χ4n) is 1.73. The lowest BCUT2D eigenvalue weighted by Gasteiger charge is -2.11. The fraction of sp³-hybridized carbons (Fsp3) is 0.143. The van der Waals surface area contributed by atoms with Crippen molar-refractivity contribution in [1.29, 1.82) is 0 Å². The number of benzene rings is 1. The first-order valence-corrected chi connectivity index (χ1v) is 6.72. The zero-order chi connectivity index (χ0) is 14.5. The number of pyridine rings is 1. The largest absolute Gasteiger partial charge is 0.465 e. The average Bonchev–Trinajstić information content (AvgIpc) is 2.45. The molecule has 0 bridgehead atoms. The van der Waals surface area contributed by atoms with Gasteiger partial charge in [-0.2, -0.15) is 0 Å². The Bertz CT molecular complexity index is 632. The molecule has 0 atom stereocenters. The molecule has 5 nitrogen and oxygen atoms in total. The van der Waals surface area contributed by atoms with E-state index >= 15 is 0 Å². The van der Waals surface area contributed by atoms with Crippen molar-refractivity contribution in [3.8, 4) is 0 Å². The topological polar surface area (TPSA) is 77.2 Å². The van der Waals surface area contributed by atoms with Crippen LogP contribution < -0.4 is 11.1 Å². The molecule has 0 spiro atoms. The molecule has 0 saturated heterocycles. The van der Waals surface area contributed by atoms with Crippen LogP contribution >= 0.6 is 15.9 Å². The second-order valence-corrected chi connectivity index (χ2v) is 5.01. The standard InChI is InChI=1S/C14H14BrN3O2/c1-20-14(19)11-5-6-17-13(12(11)16)18-8-9-3-2-4-10(15)7-9/h2-7H,8,16H2,1H3,(H,17,18). The number of rotatable bonds is 4. The van der Waals surface area contributed by atoms with Crippen LogP contribution in [0.15, 0.2) is 41.0 Å². The highest BCUT2D eigenvalue weighted by molar-refractivity contribution is 9.10. The fourth-order valence-corrected chi connectivity index (χ4v) is 2.18. The van der Waals surface area contributed by atoms with Crippen LogP contribution in [0.2, 0.25) is 0 Å². The van der Waals surface area contributed by atoms with Crippen LogP contribution in [-0.4, -0.2) is 18.1 Å². The van der Waals surface area contributed by atoms with Gasteiger partial charge in [-0.25, -0.2) is 9.78 Å². The Hall–Kier alpha value is -2.08. The van der Waals surface area contributed by atoms with Crippen molar-refractivity contribution in [2.75, 3.05) is 18.2 Å². The van der Waals surface area contributed by atoms with Crippen molar-refractivity contribution >= 4 is 33.4 Å². The van der Waals surface area contributed by atoms with Gasteiger partial charge in [0.25, 0.3) is 0 Å². The van der Waals surface area contributed by atoms with Gasteiger partial charge >= 0.3 is 5.97 Å². The summed E-state index contributed by atoms with van der Waals surface area (Å²) in [4.78, 5) is 15.7. The number of anilines is 2. The monoisotopic (exact) mass is 335 g/mol. The third-order valence-electron chi connectivity index (χ3n) is 2.74. The van der Waals surface area contributed by atoms with Crippen LogP contribution in [0.4, 0.5) is 11.5 Å². The first kappa shape index (κ1) is 14.3. The van der Waals surface area contributed by atoms with Gasteiger partial charge in [0.2, 0.25) is 0 Å². The van der Waals surface area contributed by atoms with Crippen LogP contribution in [0.5, 0.6) is 0 Å². The minimum absolute atomic E-state index is 0.286. The molecule has 0 aliphatic carbocycles. The number of nitrogens with one attached hydrogen (secondary N) is 1. The highest BCUT2D eigenvalue weighted by Gasteiger charge is 2.13. The van der Waals surface area contributed by atoms with Crippen molar-refractivity contribution in [3.05, 3.63) is 52.1 Å². The Labute approximate surface area is 125 Å². The number of carbonyl (C=O) groups excluding carboxylic acids is 1. The van der Waals surface area contributed by atoms with E-state index in [-0.39, 0.29) is 5.69 Å². The first-order chi connectivity index (χ1) is 9.61. The number of nitrogens with two attached hydrogens (primary N) is 1. The predicted molar refractivity (Wildman–Crippen MR) is 81.5 cm³/mol. The molecule has 0 radical (unpaired) electrons. The van der Waals surface area contributed by atoms with Crippen molar-refractivity contribution in [2.45, 2.75) is 6.54 Å². The van der Waals surface area contributed by atoms with Gasteiger partial charge in [-0.05, 0) is 23.8 Å². The zero-order valence-electron chi connectivity index (χ0n) is 10.9. The third kappa shape index (κ3) is 3.27. The van der Waals surface area contributed by atoms with E-state index in [2.05, 4.69) is 31.0 Å². The summed E-state index contributed by atoms with van der Waals surface area (Å²) in [6.45, 7) is 0.557. The number of ether oxygens (including phenoxy) is 1. The Morgan fingerprint density at radius 3 is 2.95 bits per heavy atom. The Balaban J connectivity index is 2.16. The van der Waals surface area contributed by atoms with Gasteiger partial charge in [-0.1, -0.05) is 28.1 Å². The molecular formula is C14H14BrN3O2. The zero-order valence-corrected chi connectivity index (χ0v) is 12.5. The maximum absolute atomic E-state index is 11.5. The van der Waals surface area contributed by atoms with Gasteiger partial charge in [-0.3, -0.25) is 0 Å². The predicted octanol–water partition coefficient (Wildman–Crippen LogP) is 2.83. The van der Waals surface area contributed by atoms with E-state index in [1.165, 1.54) is 19.4 Å². The molecule has 2 rings (SSSR count). The van der Waals surface area contributed by atoms with Gasteiger partial charge in [0.15, 0.2) is 0 Å². The number of methoxy groups -OCH3 is 1. The van der Waals surface area contributed by atoms with Crippen LogP contribution in [0.25, 0.3) is 0 Å². The minimum atomic E-state index is -0.476. The van der Waals surface area contributed by atoms with Crippen LogP contribution in [0, 0.1) is 0 Å². The summed E-state index contributed by atoms with van der Waals surface area (Å²) in [7, 11) is 1.32. The maximum Gasteiger partial charge on any atom is 0.340 e. The quantitative estimate of drug-likeness (QED) is 0.840. The lowest BCUT2D eigenvalue weighted by atomic mass is 10.2. The molecule has 2 aromatic rings. The van der Waals surface area contributed by atoms with E-state index in [0.29, 0.717) is 17.9 Å². The molecule has 0 aliphatic rings. The van der Waals surface area contributed by atoms with Crippen molar-refractivity contribution in [2.24, 2.45) is 0 Å². The maximum atomic E-state index is 11.5. The Kier molecular flexibility index (Phi) is 4.57. The highest BCUT2D eigenvalue weighted by atomic mass is 79.9. The summed E-state index contributed by atoms with van der Waals surface area (Å²) < 4.78 is 5.67. The number of esters is 1. The van der Waals surface area contributed by atoms with Gasteiger partial charge in [0.05, 0.1) is 18.4 Å². The molecule has 0 unspecified atom stereocenters. The summed E-state index contributed by atoms with van der Waals surface area (Å²) >= 11 is 3.41. The molecule has 0 saturated carbocycles. The molecule has 20 heavy (non-hydrogen) atoms. The van der Waals surface area contributed by atoms with Gasteiger partial charge < -0.3 is 15.8 Å². The van der Waals surface area contributed by atoms with Gasteiger partial charge in [0.1, 0.15) is 5.82 Å². The number of nitrogens with zero attached hydrogens (tertiary/aromatic N) is 1. The highest BCUT2D eigenvalue weighted by Crippen LogP contribution is 2.21. The Morgan fingerprint density at radius 1 is 1.45 bits per heavy atom. The molecule has 0 aliphatic heterocycles. The van der Waals surface area contributed by atoms with Crippen molar-refractivity contribution < 1.29 is 9.53 Å². The summed E-state index contributed by atoms with van der Waals surface area (Å²) in [6, 6.07) is 9.41. The van der Waals surface area contributed by atoms with E-state index in [4.69, 9.17) is 5.73 Å². The summed E-state index contributed by atoms with van der Waals surface area (Å²) in [6.07, 6.45) is 1.52. The number of halogens is 1. The molecule has 1 aromatic carbocycles. The molecule has 104 valence electrons. The SMILES string of the molecule is COC(=O)c1ccnc(NCc2cccc(Br)c2)c1N. The number of carbonyl (C=O) groups is 1. The average molecular weight is 336 g/mol. The molecule has 0 fully saturated rings. The van der Waals surface area contributed by atoms with Crippen LogP contribution in [0.3, 0.4) is 0 Å².